The summed E-state index contributed by atoms with van der Waals surface area (Å²) in [5.74, 6) is -3.32. The Labute approximate surface area is 286 Å². The van der Waals surface area contributed by atoms with Gasteiger partial charge in [-0.05, 0) is 86.9 Å². The summed E-state index contributed by atoms with van der Waals surface area (Å²) in [7, 11) is 0. The number of alkyl halides is 5. The van der Waals surface area contributed by atoms with Gasteiger partial charge in [-0.1, -0.05) is 18.1 Å². The third-order valence-electron chi connectivity index (χ3n) is 9.00. The van der Waals surface area contributed by atoms with Crippen molar-refractivity contribution in [1.29, 1.82) is 0 Å². The number of carbonyl (C=O) groups is 1. The van der Waals surface area contributed by atoms with Gasteiger partial charge < -0.3 is 10.4 Å². The first-order chi connectivity index (χ1) is 23.9. The number of nitrogens with zero attached hydrogens (tertiary/aromatic N) is 4. The molecule has 2 aliphatic rings. The van der Waals surface area contributed by atoms with Gasteiger partial charge in [-0.3, -0.25) is 14.6 Å². The number of pyridine rings is 1. The predicted octanol–water partition coefficient (Wildman–Crippen LogP) is 6.86. The monoisotopic (exact) mass is 710 g/mol. The Morgan fingerprint density at radius 3 is 2.53 bits per heavy atom. The molecule has 8 nitrogen and oxygen atoms in total. The minimum Gasteiger partial charge on any atom is -0.378 e. The van der Waals surface area contributed by atoms with Crippen LogP contribution in [-0.2, 0) is 29.9 Å². The first-order valence-electron chi connectivity index (χ1n) is 15.9. The maximum absolute atomic E-state index is 15.3. The van der Waals surface area contributed by atoms with Crippen LogP contribution in [0.3, 0.4) is 0 Å². The maximum atomic E-state index is 15.3. The van der Waals surface area contributed by atoms with Crippen molar-refractivity contribution in [3.05, 3.63) is 99.8 Å². The summed E-state index contributed by atoms with van der Waals surface area (Å²) in [6.45, 7) is 3.68. The van der Waals surface area contributed by atoms with Crippen LogP contribution >= 0.6 is 0 Å². The molecule has 7 rings (SSSR count). The summed E-state index contributed by atoms with van der Waals surface area (Å²) >= 11 is 0. The Balaban J connectivity index is 1.35. The Kier molecular flexibility index (Phi) is 8.01. The van der Waals surface area contributed by atoms with Crippen molar-refractivity contribution in [1.82, 2.24) is 30.3 Å². The predicted molar refractivity (Wildman–Crippen MR) is 170 cm³/mol. The van der Waals surface area contributed by atoms with Gasteiger partial charge in [0, 0.05) is 28.5 Å². The van der Waals surface area contributed by atoms with Crippen LogP contribution in [0.2, 0.25) is 0 Å². The molecular weight excluding hydrogens is 681 g/mol. The van der Waals surface area contributed by atoms with Crippen molar-refractivity contribution in [3.8, 4) is 23.0 Å². The van der Waals surface area contributed by atoms with Crippen molar-refractivity contribution in [3.63, 3.8) is 0 Å². The van der Waals surface area contributed by atoms with Crippen molar-refractivity contribution in [2.75, 3.05) is 0 Å². The zero-order valence-electron chi connectivity index (χ0n) is 27.3. The van der Waals surface area contributed by atoms with Gasteiger partial charge in [-0.25, -0.2) is 13.8 Å². The number of aryl methyl sites for hydroxylation is 1. The summed E-state index contributed by atoms with van der Waals surface area (Å²) in [5, 5.41) is 24.3. The van der Waals surface area contributed by atoms with E-state index in [1.807, 2.05) is 0 Å². The summed E-state index contributed by atoms with van der Waals surface area (Å²) in [6, 6.07) is 10.1. The highest BCUT2D eigenvalue weighted by atomic mass is 19.4. The first-order valence-corrected chi connectivity index (χ1v) is 15.9. The lowest BCUT2D eigenvalue weighted by Gasteiger charge is -2.23. The van der Waals surface area contributed by atoms with Crippen molar-refractivity contribution in [2.45, 2.75) is 69.8 Å². The van der Waals surface area contributed by atoms with E-state index in [0.717, 1.165) is 12.1 Å². The lowest BCUT2D eigenvalue weighted by molar-refractivity contribution is -0.142. The van der Waals surface area contributed by atoms with Crippen LogP contribution < -0.4 is 5.32 Å². The van der Waals surface area contributed by atoms with Gasteiger partial charge >= 0.3 is 6.18 Å². The molecule has 3 heterocycles. The lowest BCUT2D eigenvalue weighted by atomic mass is 9.92. The molecule has 0 aliphatic heterocycles. The number of hydrogen-bond donors (Lipinski definition) is 3. The van der Waals surface area contributed by atoms with Gasteiger partial charge in [0.05, 0.1) is 22.9 Å². The number of halogens is 7. The number of fused-ring (bicyclic) bond motifs is 4. The molecule has 1 saturated carbocycles. The summed E-state index contributed by atoms with van der Waals surface area (Å²) in [5.41, 5.74) is -1.70. The first kappa shape index (κ1) is 34.2. The number of carbonyl (C=O) groups excluding carboxylic acids is 1. The van der Waals surface area contributed by atoms with Crippen molar-refractivity contribution < 1.29 is 40.6 Å². The van der Waals surface area contributed by atoms with Crippen molar-refractivity contribution >= 4 is 16.8 Å². The number of benzene rings is 2. The molecule has 3 N–H and O–H groups in total. The molecule has 3 atom stereocenters. The average molecular weight is 711 g/mol. The molecule has 0 radical (unpaired) electrons. The second kappa shape index (κ2) is 11.9. The van der Waals surface area contributed by atoms with Crippen LogP contribution in [0.15, 0.2) is 48.5 Å². The molecule has 5 aromatic rings. The van der Waals surface area contributed by atoms with Crippen LogP contribution in [-0.4, -0.2) is 41.6 Å². The van der Waals surface area contributed by atoms with E-state index >= 15 is 8.78 Å². The Bertz CT molecular complexity index is 2260. The van der Waals surface area contributed by atoms with Gasteiger partial charge in [-0.15, -0.1) is 0 Å². The van der Waals surface area contributed by atoms with E-state index in [4.69, 9.17) is 4.98 Å². The largest absolute Gasteiger partial charge is 0.435 e. The molecule has 1 amide bonds. The second-order valence-electron chi connectivity index (χ2n) is 13.4. The van der Waals surface area contributed by atoms with E-state index < -0.39 is 76.6 Å². The summed E-state index contributed by atoms with van der Waals surface area (Å²) in [4.78, 5) is 18.4. The zero-order chi connectivity index (χ0) is 36.6. The Morgan fingerprint density at radius 1 is 1.12 bits per heavy atom. The number of aromatic nitrogens is 5. The SMILES string of the molecule is Cc1n[nH]c2cccc(-c3ccc(C#CC(C)(C)O)nc3[C@H](Cc3cc(F)cc(F)c3)NC(=O)Cn3nc(C(F)(F)F)c4c3C(F)(F)C3C[C@H]43)c12. The fourth-order valence-corrected chi connectivity index (χ4v) is 6.86. The summed E-state index contributed by atoms with van der Waals surface area (Å²) < 4.78 is 102. The third-order valence-corrected chi connectivity index (χ3v) is 9.00. The number of hydrogen-bond acceptors (Lipinski definition) is 5. The van der Waals surface area contributed by atoms with Gasteiger partial charge in [0.2, 0.25) is 5.91 Å². The van der Waals surface area contributed by atoms with Gasteiger partial charge in [-0.2, -0.15) is 32.1 Å². The lowest BCUT2D eigenvalue weighted by Crippen LogP contribution is -2.35. The van der Waals surface area contributed by atoms with Gasteiger partial charge in [0.1, 0.15) is 35.2 Å². The summed E-state index contributed by atoms with van der Waals surface area (Å²) in [6.07, 6.45) is -5.43. The van der Waals surface area contributed by atoms with E-state index in [1.54, 1.807) is 37.3 Å². The smallest absolute Gasteiger partial charge is 0.378 e. The second-order valence-corrected chi connectivity index (χ2v) is 13.4. The molecule has 2 aliphatic carbocycles. The van der Waals surface area contributed by atoms with E-state index in [0.29, 0.717) is 38.5 Å². The molecule has 264 valence electrons. The molecule has 15 heteroatoms. The number of aliphatic hydroxyl groups is 1. The van der Waals surface area contributed by atoms with Crippen molar-refractivity contribution in [2.24, 2.45) is 5.92 Å². The van der Waals surface area contributed by atoms with E-state index in [2.05, 4.69) is 32.5 Å². The molecule has 1 fully saturated rings. The number of aromatic amines is 1. The average Bonchev–Trinajstić information content (AvgIpc) is 3.53. The zero-order valence-corrected chi connectivity index (χ0v) is 27.3. The van der Waals surface area contributed by atoms with Crippen LogP contribution in [0.4, 0.5) is 30.7 Å². The molecule has 2 aromatic carbocycles. The fraction of sp³-hybridized carbons (Fsp3) is 0.333. The van der Waals surface area contributed by atoms with Gasteiger partial charge in [0.25, 0.3) is 5.92 Å². The molecule has 1 unspecified atom stereocenters. The third kappa shape index (κ3) is 6.44. The molecular formula is C36H29F7N6O2. The number of amides is 1. The number of H-pyrrole nitrogens is 1. The molecule has 3 aromatic heterocycles. The van der Waals surface area contributed by atoms with Crippen LogP contribution in [0, 0.1) is 36.3 Å². The standard InChI is InChI=1S/C36H29F7N6O2/c1-17-29-22(5-4-6-26(29)47-46-17)23-8-7-21(9-10-34(2,3)51)44-31(23)27(13-18-11-19(37)14-20(38)12-18)45-28(50)16-49-33-30(32(48-49)36(41,42)43)24-15-25(24)35(33,39)40/h4-8,11-12,14,24-25,27,51H,13,15-16H2,1-3H3,(H,45,50)(H,46,47)/t24-,25?,27-/m0/s1. The maximum Gasteiger partial charge on any atom is 0.435 e. The molecule has 0 saturated heterocycles. The van der Waals surface area contributed by atoms with Crippen LogP contribution in [0.25, 0.3) is 22.0 Å². The van der Waals surface area contributed by atoms with E-state index in [9.17, 15) is 31.9 Å². The van der Waals surface area contributed by atoms with E-state index in [1.165, 1.54) is 13.8 Å². The molecule has 51 heavy (non-hydrogen) atoms. The number of rotatable bonds is 7. The normalized spacial score (nSPS) is 18.2. The Hall–Kier alpha value is -5.23. The highest BCUT2D eigenvalue weighted by molar-refractivity contribution is 5.97. The van der Waals surface area contributed by atoms with Crippen LogP contribution in [0.1, 0.15) is 71.8 Å². The Morgan fingerprint density at radius 2 is 1.84 bits per heavy atom. The molecule has 0 spiro atoms. The fourth-order valence-electron chi connectivity index (χ4n) is 6.86. The molecule has 0 bridgehead atoms. The quantitative estimate of drug-likeness (QED) is 0.126. The van der Waals surface area contributed by atoms with Crippen LogP contribution in [0.5, 0.6) is 0 Å². The topological polar surface area (TPSA) is 109 Å². The van der Waals surface area contributed by atoms with Gasteiger partial charge in [0.15, 0.2) is 5.69 Å². The minimum atomic E-state index is -5.03. The number of nitrogens with one attached hydrogen (secondary N) is 2. The highest BCUT2D eigenvalue weighted by Gasteiger charge is 2.68. The van der Waals surface area contributed by atoms with E-state index in [-0.39, 0.29) is 29.8 Å². The minimum absolute atomic E-state index is 0.0854. The highest BCUT2D eigenvalue weighted by Crippen LogP contribution is 2.68.